The topological polar surface area (TPSA) is 47.9 Å². The molecule has 1 aromatic heterocycles. The van der Waals surface area contributed by atoms with E-state index in [1.807, 2.05) is 6.92 Å². The Morgan fingerprint density at radius 2 is 1.82 bits per heavy atom. The summed E-state index contributed by atoms with van der Waals surface area (Å²) in [6.45, 7) is 1.95. The van der Waals surface area contributed by atoms with Gasteiger partial charge in [-0.05, 0) is 55.9 Å². The molecule has 2 aliphatic rings. The van der Waals surface area contributed by atoms with Gasteiger partial charge >= 0.3 is 5.97 Å². The van der Waals surface area contributed by atoms with Crippen LogP contribution in [-0.4, -0.2) is 18.8 Å². The molecule has 1 aliphatic carbocycles. The molecule has 1 atom stereocenters. The maximum atomic E-state index is 12.2. The largest absolute Gasteiger partial charge is 0.465 e. The molecule has 1 unspecified atom stereocenters. The summed E-state index contributed by atoms with van der Waals surface area (Å²) in [4.78, 5) is 19.8. The molecule has 4 rings (SSSR count). The van der Waals surface area contributed by atoms with Crippen molar-refractivity contribution in [3.05, 3.63) is 53.6 Å². The molecule has 0 fully saturated rings. The molecule has 2 heterocycles. The van der Waals surface area contributed by atoms with E-state index >= 15 is 0 Å². The second-order valence-corrected chi connectivity index (χ2v) is 9.42. The number of nitrogens with zero attached hydrogens (tertiary/aromatic N) is 1. The van der Waals surface area contributed by atoms with Gasteiger partial charge in [-0.1, -0.05) is 40.0 Å². The third-order valence-electron chi connectivity index (χ3n) is 5.31. The Hall–Kier alpha value is -1.27. The first-order valence-electron chi connectivity index (χ1n) is 8.97. The molecule has 0 saturated carbocycles. The zero-order valence-electron chi connectivity index (χ0n) is 15.4. The predicted octanol–water partition coefficient (Wildman–Crippen LogP) is 6.41. The fraction of sp³-hybridized carbons (Fsp3) is 0.400. The van der Waals surface area contributed by atoms with Crippen LogP contribution in [0.2, 0.25) is 15.1 Å². The fourth-order valence-corrected chi connectivity index (χ4v) is 5.69. The minimum Gasteiger partial charge on any atom is -0.465 e. The van der Waals surface area contributed by atoms with Crippen molar-refractivity contribution in [2.75, 3.05) is 7.11 Å². The number of ether oxygens (including phenoxy) is 1. The Morgan fingerprint density at radius 1 is 1.18 bits per heavy atom. The van der Waals surface area contributed by atoms with Gasteiger partial charge in [-0.25, -0.2) is 4.79 Å². The highest BCUT2D eigenvalue weighted by atomic mass is 35.5. The van der Waals surface area contributed by atoms with E-state index in [4.69, 9.17) is 44.4 Å². The van der Waals surface area contributed by atoms with Crippen molar-refractivity contribution in [1.82, 2.24) is 0 Å². The van der Waals surface area contributed by atoms with Crippen LogP contribution < -0.4 is 0 Å². The van der Waals surface area contributed by atoms with E-state index in [1.54, 1.807) is 12.1 Å². The Balaban J connectivity index is 1.70. The number of hydrogen-bond acceptors (Lipinski definition) is 5. The summed E-state index contributed by atoms with van der Waals surface area (Å²) in [7, 11) is 1.41. The number of halogens is 3. The monoisotopic (exact) mass is 457 g/mol. The Kier molecular flexibility index (Phi) is 5.38. The number of carbonyl (C=O) groups excluding carboxylic acids is 1. The maximum Gasteiger partial charge on any atom is 0.348 e. The molecule has 0 amide bonds. The number of fused-ring (bicyclic) bond motifs is 1. The zero-order chi connectivity index (χ0) is 20.1. The SMILES string of the molecule is COC(=O)c1sc(C2=NOC(C)(c3cc(Cl)c(Cl)c(Cl)c3)C2)c2c1CCCC2. The van der Waals surface area contributed by atoms with Crippen LogP contribution in [0, 0.1) is 0 Å². The van der Waals surface area contributed by atoms with Crippen LogP contribution in [0.5, 0.6) is 0 Å². The fourth-order valence-electron chi connectivity index (χ4n) is 3.80. The number of rotatable bonds is 3. The average molecular weight is 459 g/mol. The summed E-state index contributed by atoms with van der Waals surface area (Å²) in [5.41, 5.74) is 3.25. The molecule has 1 aliphatic heterocycles. The Bertz CT molecular complexity index is 978. The summed E-state index contributed by atoms with van der Waals surface area (Å²) in [6.07, 6.45) is 4.56. The number of esters is 1. The Morgan fingerprint density at radius 3 is 2.46 bits per heavy atom. The number of oxime groups is 1. The highest BCUT2D eigenvalue weighted by Gasteiger charge is 2.40. The van der Waals surface area contributed by atoms with Crippen LogP contribution in [0.25, 0.3) is 0 Å². The molecule has 4 nitrogen and oxygen atoms in total. The summed E-state index contributed by atoms with van der Waals surface area (Å²) in [5, 5.41) is 5.46. The lowest BCUT2D eigenvalue weighted by Crippen LogP contribution is -2.22. The maximum absolute atomic E-state index is 12.2. The van der Waals surface area contributed by atoms with E-state index in [0.717, 1.165) is 47.4 Å². The number of methoxy groups -OCH3 is 1. The highest BCUT2D eigenvalue weighted by Crippen LogP contribution is 2.44. The van der Waals surface area contributed by atoms with E-state index in [9.17, 15) is 4.79 Å². The first-order chi connectivity index (χ1) is 13.3. The lowest BCUT2D eigenvalue weighted by Gasteiger charge is -2.23. The van der Waals surface area contributed by atoms with E-state index in [2.05, 4.69) is 5.16 Å². The van der Waals surface area contributed by atoms with Crippen LogP contribution in [0.1, 0.15) is 57.4 Å². The first-order valence-corrected chi connectivity index (χ1v) is 10.9. The highest BCUT2D eigenvalue weighted by molar-refractivity contribution is 7.16. The molecule has 0 saturated heterocycles. The van der Waals surface area contributed by atoms with Gasteiger partial charge in [0.25, 0.3) is 0 Å². The molecule has 0 bridgehead atoms. The molecular formula is C20H18Cl3NO3S. The van der Waals surface area contributed by atoms with Crippen molar-refractivity contribution in [2.45, 2.75) is 44.6 Å². The number of carbonyl (C=O) groups is 1. The van der Waals surface area contributed by atoms with Crippen LogP contribution >= 0.6 is 46.1 Å². The van der Waals surface area contributed by atoms with Gasteiger partial charge in [0.2, 0.25) is 0 Å². The second kappa shape index (κ2) is 7.52. The Labute approximate surface area is 182 Å². The van der Waals surface area contributed by atoms with Gasteiger partial charge in [0, 0.05) is 12.0 Å². The molecule has 0 spiro atoms. The quantitative estimate of drug-likeness (QED) is 0.394. The van der Waals surface area contributed by atoms with Crippen molar-refractivity contribution < 1.29 is 14.4 Å². The molecule has 0 N–H and O–H groups in total. The van der Waals surface area contributed by atoms with Crippen LogP contribution in [-0.2, 0) is 28.0 Å². The van der Waals surface area contributed by atoms with Gasteiger partial charge in [-0.3, -0.25) is 0 Å². The van der Waals surface area contributed by atoms with E-state index in [-0.39, 0.29) is 5.97 Å². The summed E-state index contributed by atoms with van der Waals surface area (Å²) >= 11 is 19.9. The van der Waals surface area contributed by atoms with Crippen molar-refractivity contribution in [1.29, 1.82) is 0 Å². The van der Waals surface area contributed by atoms with Crippen molar-refractivity contribution in [3.63, 3.8) is 0 Å². The van der Waals surface area contributed by atoms with Gasteiger partial charge in [-0.2, -0.15) is 0 Å². The van der Waals surface area contributed by atoms with Crippen molar-refractivity contribution in [3.8, 4) is 0 Å². The minimum atomic E-state index is -0.704. The third kappa shape index (κ3) is 3.32. The van der Waals surface area contributed by atoms with Crippen molar-refractivity contribution >= 4 is 57.8 Å². The van der Waals surface area contributed by atoms with Crippen molar-refractivity contribution in [2.24, 2.45) is 5.16 Å². The molecular weight excluding hydrogens is 441 g/mol. The number of thiophene rings is 1. The third-order valence-corrected chi connectivity index (χ3v) is 7.81. The summed E-state index contributed by atoms with van der Waals surface area (Å²) in [6, 6.07) is 3.52. The normalized spacial score (nSPS) is 21.1. The average Bonchev–Trinajstić information content (AvgIpc) is 3.27. The number of hydrogen-bond donors (Lipinski definition) is 0. The molecule has 8 heteroatoms. The molecule has 0 radical (unpaired) electrons. The van der Waals surface area contributed by atoms with Gasteiger partial charge < -0.3 is 9.57 Å². The lowest BCUT2D eigenvalue weighted by atomic mass is 9.87. The van der Waals surface area contributed by atoms with E-state index < -0.39 is 5.60 Å². The lowest BCUT2D eigenvalue weighted by molar-refractivity contribution is -0.00737. The van der Waals surface area contributed by atoms with E-state index in [1.165, 1.54) is 24.0 Å². The predicted molar refractivity (Wildman–Crippen MR) is 113 cm³/mol. The summed E-state index contributed by atoms with van der Waals surface area (Å²) in [5.74, 6) is -0.284. The van der Waals surface area contributed by atoms with Crippen LogP contribution in [0.3, 0.4) is 0 Å². The smallest absolute Gasteiger partial charge is 0.348 e. The molecule has 1 aromatic carbocycles. The van der Waals surface area contributed by atoms with Gasteiger partial charge in [0.1, 0.15) is 10.6 Å². The summed E-state index contributed by atoms with van der Waals surface area (Å²) < 4.78 is 4.98. The van der Waals surface area contributed by atoms with E-state index in [0.29, 0.717) is 26.4 Å². The van der Waals surface area contributed by atoms with Gasteiger partial charge in [0.05, 0.1) is 27.1 Å². The standard InChI is InChI=1S/C20H18Cl3NO3S/c1-20(10-7-13(21)16(23)14(22)8-10)9-15(24-27-20)17-11-5-3-4-6-12(11)18(28-17)19(25)26-2/h7-8H,3-6,9H2,1-2H3. The zero-order valence-corrected chi connectivity index (χ0v) is 18.5. The van der Waals surface area contributed by atoms with Crippen LogP contribution in [0.4, 0.5) is 0 Å². The van der Waals surface area contributed by atoms with Gasteiger partial charge in [-0.15, -0.1) is 11.3 Å². The molecule has 2 aromatic rings. The van der Waals surface area contributed by atoms with Gasteiger partial charge in [0.15, 0.2) is 5.60 Å². The van der Waals surface area contributed by atoms with Crippen LogP contribution in [0.15, 0.2) is 17.3 Å². The minimum absolute atomic E-state index is 0.284. The number of benzene rings is 1. The molecule has 148 valence electrons. The second-order valence-electron chi connectivity index (χ2n) is 7.21. The molecule has 28 heavy (non-hydrogen) atoms. The first kappa shape index (κ1) is 20.0.